The van der Waals surface area contributed by atoms with E-state index >= 15 is 0 Å². The van der Waals surface area contributed by atoms with Gasteiger partial charge in [0.1, 0.15) is 6.04 Å². The predicted octanol–water partition coefficient (Wildman–Crippen LogP) is -0.503. The summed E-state index contributed by atoms with van der Waals surface area (Å²) in [6.45, 7) is 4.12. The quantitative estimate of drug-likeness (QED) is 0.602. The van der Waals surface area contributed by atoms with Gasteiger partial charge in [-0.25, -0.2) is 8.42 Å². The van der Waals surface area contributed by atoms with E-state index in [0.717, 1.165) is 6.26 Å². The molecule has 1 heterocycles. The predicted molar refractivity (Wildman–Crippen MR) is 53.2 cm³/mol. The number of rotatable bonds is 3. The second kappa shape index (κ2) is 3.51. The Morgan fingerprint density at radius 1 is 1.50 bits per heavy atom. The van der Waals surface area contributed by atoms with E-state index < -0.39 is 16.1 Å². The topological polar surface area (TPSA) is 57.5 Å². The number of likely N-dealkylation sites (N-methyl/N-ethyl adjacent to an activating group) is 1. The van der Waals surface area contributed by atoms with Gasteiger partial charge in [0.05, 0.1) is 6.26 Å². The summed E-state index contributed by atoms with van der Waals surface area (Å²) < 4.78 is 23.3. The van der Waals surface area contributed by atoms with Crippen LogP contribution in [0.3, 0.4) is 0 Å². The van der Waals surface area contributed by atoms with Gasteiger partial charge in [0.2, 0.25) is 15.9 Å². The molecule has 1 amide bonds. The second-order valence-electron chi connectivity index (χ2n) is 3.89. The summed E-state index contributed by atoms with van der Waals surface area (Å²) in [6.07, 6.45) is 1.12. The minimum absolute atomic E-state index is 0.101. The molecule has 0 N–H and O–H groups in total. The molecule has 14 heavy (non-hydrogen) atoms. The molecule has 1 aliphatic rings. The van der Waals surface area contributed by atoms with Crippen molar-refractivity contribution in [3.63, 3.8) is 0 Å². The van der Waals surface area contributed by atoms with Crippen molar-refractivity contribution < 1.29 is 13.2 Å². The number of nitrogens with zero attached hydrogens (tertiary/aromatic N) is 2. The fourth-order valence-corrected chi connectivity index (χ4v) is 2.15. The lowest BCUT2D eigenvalue weighted by atomic mass is 10.3. The number of carbonyl (C=O) groups is 1. The van der Waals surface area contributed by atoms with Crippen LogP contribution in [0, 0.1) is 0 Å². The Bertz CT molecular complexity index is 336. The average Bonchev–Trinajstić information content (AvgIpc) is 2.78. The molecule has 1 rings (SSSR count). The van der Waals surface area contributed by atoms with E-state index in [1.165, 1.54) is 4.31 Å². The maximum atomic E-state index is 11.6. The maximum absolute atomic E-state index is 11.6. The van der Waals surface area contributed by atoms with E-state index in [0.29, 0.717) is 6.54 Å². The van der Waals surface area contributed by atoms with Gasteiger partial charge in [-0.05, 0) is 13.8 Å². The Balaban J connectivity index is 2.60. The summed E-state index contributed by atoms with van der Waals surface area (Å²) in [5, 5.41) is 0. The van der Waals surface area contributed by atoms with E-state index in [-0.39, 0.29) is 11.9 Å². The molecule has 0 bridgehead atoms. The molecule has 0 saturated carbocycles. The van der Waals surface area contributed by atoms with Crippen LogP contribution < -0.4 is 0 Å². The van der Waals surface area contributed by atoms with Gasteiger partial charge in [-0.2, -0.15) is 4.31 Å². The Morgan fingerprint density at radius 2 is 2.00 bits per heavy atom. The average molecular weight is 220 g/mol. The SMILES string of the molecule is CC(C)N(C)C(=O)C1CN1S(C)(=O)=O. The van der Waals surface area contributed by atoms with Crippen LogP contribution >= 0.6 is 0 Å². The van der Waals surface area contributed by atoms with Gasteiger partial charge in [-0.15, -0.1) is 0 Å². The van der Waals surface area contributed by atoms with E-state index in [4.69, 9.17) is 0 Å². The summed E-state index contributed by atoms with van der Waals surface area (Å²) in [5.41, 5.74) is 0. The first kappa shape index (κ1) is 11.5. The molecular formula is C8H16N2O3S. The zero-order valence-corrected chi connectivity index (χ0v) is 9.71. The van der Waals surface area contributed by atoms with Crippen LogP contribution in [0.25, 0.3) is 0 Å². The van der Waals surface area contributed by atoms with Crippen molar-refractivity contribution in [2.45, 2.75) is 25.9 Å². The zero-order chi connectivity index (χ0) is 11.1. The molecule has 0 aliphatic carbocycles. The number of sulfonamides is 1. The monoisotopic (exact) mass is 220 g/mol. The number of carbonyl (C=O) groups excluding carboxylic acids is 1. The van der Waals surface area contributed by atoms with Crippen LogP contribution in [0.15, 0.2) is 0 Å². The van der Waals surface area contributed by atoms with Crippen LogP contribution in [-0.2, 0) is 14.8 Å². The van der Waals surface area contributed by atoms with Crippen LogP contribution in [0.5, 0.6) is 0 Å². The van der Waals surface area contributed by atoms with Crippen LogP contribution in [0.2, 0.25) is 0 Å². The molecule has 2 atom stereocenters. The van der Waals surface area contributed by atoms with Crippen LogP contribution in [0.4, 0.5) is 0 Å². The summed E-state index contributed by atoms with van der Waals surface area (Å²) in [5.74, 6) is -0.120. The highest BCUT2D eigenvalue weighted by atomic mass is 32.2. The third kappa shape index (κ3) is 2.24. The van der Waals surface area contributed by atoms with Crippen molar-refractivity contribution in [3.05, 3.63) is 0 Å². The lowest BCUT2D eigenvalue weighted by molar-refractivity contribution is -0.131. The lowest BCUT2D eigenvalue weighted by Gasteiger charge is -2.21. The second-order valence-corrected chi connectivity index (χ2v) is 5.83. The fraction of sp³-hybridized carbons (Fsp3) is 0.875. The van der Waals surface area contributed by atoms with Gasteiger partial charge in [0.15, 0.2) is 0 Å². The molecule has 1 aliphatic heterocycles. The number of hydrogen-bond acceptors (Lipinski definition) is 3. The highest BCUT2D eigenvalue weighted by molar-refractivity contribution is 7.88. The van der Waals surface area contributed by atoms with Gasteiger partial charge in [-0.3, -0.25) is 4.79 Å². The van der Waals surface area contributed by atoms with Gasteiger partial charge in [0, 0.05) is 19.6 Å². The standard InChI is InChI=1S/C8H16N2O3S/c1-6(2)9(3)8(11)7-5-10(7)14(4,12)13/h6-7H,5H2,1-4H3. The van der Waals surface area contributed by atoms with Crippen molar-refractivity contribution >= 4 is 15.9 Å². The van der Waals surface area contributed by atoms with E-state index in [2.05, 4.69) is 0 Å². The van der Waals surface area contributed by atoms with E-state index in [1.807, 2.05) is 13.8 Å². The first-order chi connectivity index (χ1) is 6.25. The molecule has 0 aromatic rings. The van der Waals surface area contributed by atoms with Crippen LogP contribution in [-0.4, -0.2) is 55.5 Å². The van der Waals surface area contributed by atoms with Crippen molar-refractivity contribution in [1.82, 2.24) is 9.21 Å². The summed E-state index contributed by atoms with van der Waals surface area (Å²) in [6, 6.07) is -0.359. The van der Waals surface area contributed by atoms with Crippen molar-refractivity contribution in [1.29, 1.82) is 0 Å². The van der Waals surface area contributed by atoms with Gasteiger partial charge < -0.3 is 4.90 Å². The number of hydrogen-bond donors (Lipinski definition) is 0. The minimum Gasteiger partial charge on any atom is -0.342 e. The molecule has 6 heteroatoms. The molecular weight excluding hydrogens is 204 g/mol. The molecule has 2 unspecified atom stereocenters. The van der Waals surface area contributed by atoms with Crippen molar-refractivity contribution in [2.24, 2.45) is 0 Å². The highest BCUT2D eigenvalue weighted by Crippen LogP contribution is 2.23. The molecule has 0 aromatic carbocycles. The summed E-state index contributed by atoms with van der Waals surface area (Å²) in [7, 11) is -1.51. The molecule has 5 nitrogen and oxygen atoms in total. The van der Waals surface area contributed by atoms with Crippen molar-refractivity contribution in [2.75, 3.05) is 19.8 Å². The Morgan fingerprint density at radius 3 is 2.29 bits per heavy atom. The lowest BCUT2D eigenvalue weighted by Crippen LogP contribution is -2.37. The Labute approximate surface area is 84.7 Å². The van der Waals surface area contributed by atoms with E-state index in [9.17, 15) is 13.2 Å². The first-order valence-electron chi connectivity index (χ1n) is 4.48. The fourth-order valence-electron chi connectivity index (χ4n) is 1.18. The molecule has 0 aromatic heterocycles. The van der Waals surface area contributed by atoms with Crippen LogP contribution in [0.1, 0.15) is 13.8 Å². The largest absolute Gasteiger partial charge is 0.342 e. The molecule has 1 saturated heterocycles. The minimum atomic E-state index is -3.20. The summed E-state index contributed by atoms with van der Waals surface area (Å²) >= 11 is 0. The Kier molecular flexibility index (Phi) is 2.87. The highest BCUT2D eigenvalue weighted by Gasteiger charge is 2.48. The normalized spacial score (nSPS) is 26.4. The smallest absolute Gasteiger partial charge is 0.242 e. The first-order valence-corrected chi connectivity index (χ1v) is 6.33. The third-order valence-corrected chi connectivity index (χ3v) is 3.66. The summed E-state index contributed by atoms with van der Waals surface area (Å²) in [4.78, 5) is 13.2. The van der Waals surface area contributed by atoms with Gasteiger partial charge in [-0.1, -0.05) is 0 Å². The maximum Gasteiger partial charge on any atom is 0.242 e. The zero-order valence-electron chi connectivity index (χ0n) is 8.89. The number of amides is 1. The molecule has 0 spiro atoms. The van der Waals surface area contributed by atoms with E-state index in [1.54, 1.807) is 11.9 Å². The third-order valence-electron chi connectivity index (χ3n) is 2.40. The molecule has 0 radical (unpaired) electrons. The molecule has 82 valence electrons. The van der Waals surface area contributed by atoms with Crippen molar-refractivity contribution in [3.8, 4) is 0 Å². The molecule has 1 fully saturated rings. The Hall–Kier alpha value is -0.620. The van der Waals surface area contributed by atoms with Gasteiger partial charge >= 0.3 is 0 Å². The van der Waals surface area contributed by atoms with Gasteiger partial charge in [0.25, 0.3) is 0 Å².